The van der Waals surface area contributed by atoms with Gasteiger partial charge in [-0.1, -0.05) is 12.1 Å². The Labute approximate surface area is 98.0 Å². The van der Waals surface area contributed by atoms with Crippen LogP contribution in [0, 0.1) is 12.0 Å². The second-order valence-corrected chi connectivity index (χ2v) is 4.44. The van der Waals surface area contributed by atoms with Crippen molar-refractivity contribution in [3.8, 4) is 5.75 Å². The maximum absolute atomic E-state index is 5.65. The summed E-state index contributed by atoms with van der Waals surface area (Å²) in [7, 11) is 0. The lowest BCUT2D eigenvalue weighted by Crippen LogP contribution is -2.29. The minimum atomic E-state index is 0.828. The van der Waals surface area contributed by atoms with E-state index in [1.165, 1.54) is 32.4 Å². The van der Waals surface area contributed by atoms with Gasteiger partial charge in [-0.25, -0.2) is 0 Å². The lowest BCUT2D eigenvalue weighted by atomic mass is 9.95. The summed E-state index contributed by atoms with van der Waals surface area (Å²) < 4.78 is 5.65. The highest BCUT2D eigenvalue weighted by molar-refractivity contribution is 5.19. The Morgan fingerprint density at radius 2 is 2.50 bits per heavy atom. The third-order valence-corrected chi connectivity index (χ3v) is 3.10. The molecule has 2 rings (SSSR count). The molecule has 87 valence electrons. The van der Waals surface area contributed by atoms with Gasteiger partial charge in [0.15, 0.2) is 0 Å². The van der Waals surface area contributed by atoms with E-state index in [9.17, 15) is 0 Å². The minimum Gasteiger partial charge on any atom is -0.494 e. The van der Waals surface area contributed by atoms with E-state index in [0.29, 0.717) is 0 Å². The summed E-state index contributed by atoms with van der Waals surface area (Å²) in [6, 6.07) is 10.7. The van der Waals surface area contributed by atoms with E-state index in [0.717, 1.165) is 24.7 Å². The molecule has 0 bridgehead atoms. The molecule has 0 amide bonds. The maximum Gasteiger partial charge on any atom is 0.119 e. The molecule has 0 aliphatic carbocycles. The third kappa shape index (κ3) is 3.86. The highest BCUT2D eigenvalue weighted by atomic mass is 16.5. The molecule has 0 saturated carbocycles. The van der Waals surface area contributed by atoms with Crippen molar-refractivity contribution < 1.29 is 4.74 Å². The van der Waals surface area contributed by atoms with Gasteiger partial charge in [0.25, 0.3) is 0 Å². The summed E-state index contributed by atoms with van der Waals surface area (Å²) in [4.78, 5) is 0. The van der Waals surface area contributed by atoms with Gasteiger partial charge in [-0.15, -0.1) is 0 Å². The molecule has 16 heavy (non-hydrogen) atoms. The lowest BCUT2D eigenvalue weighted by molar-refractivity contribution is 0.275. The molecule has 1 aromatic rings. The molecular weight excluding hydrogens is 198 g/mol. The molecule has 1 aromatic carbocycles. The fourth-order valence-corrected chi connectivity index (χ4v) is 2.20. The molecule has 1 radical (unpaired) electrons. The molecule has 1 unspecified atom stereocenters. The molecule has 1 aliphatic rings. The first-order valence-corrected chi connectivity index (χ1v) is 6.25. The van der Waals surface area contributed by atoms with E-state index in [4.69, 9.17) is 4.74 Å². The maximum atomic E-state index is 5.65. The molecule has 1 saturated heterocycles. The van der Waals surface area contributed by atoms with Gasteiger partial charge in [-0.2, -0.15) is 0 Å². The minimum absolute atomic E-state index is 0.828. The number of ether oxygens (including phenoxy) is 1. The molecule has 1 fully saturated rings. The number of benzene rings is 1. The zero-order valence-electron chi connectivity index (χ0n) is 9.74. The van der Waals surface area contributed by atoms with Gasteiger partial charge in [-0.05, 0) is 62.9 Å². The zero-order valence-corrected chi connectivity index (χ0v) is 9.74. The van der Waals surface area contributed by atoms with E-state index in [1.807, 2.05) is 24.3 Å². The second-order valence-electron chi connectivity index (χ2n) is 4.44. The van der Waals surface area contributed by atoms with Crippen LogP contribution in [0.15, 0.2) is 24.3 Å². The van der Waals surface area contributed by atoms with Crippen LogP contribution in [0.2, 0.25) is 0 Å². The van der Waals surface area contributed by atoms with Gasteiger partial charge in [-0.3, -0.25) is 0 Å². The van der Waals surface area contributed by atoms with Crippen molar-refractivity contribution in [2.24, 2.45) is 5.92 Å². The summed E-state index contributed by atoms with van der Waals surface area (Å²) in [6.45, 7) is 3.22. The first-order valence-electron chi connectivity index (χ1n) is 6.25. The summed E-state index contributed by atoms with van der Waals surface area (Å²) >= 11 is 0. The summed E-state index contributed by atoms with van der Waals surface area (Å²) in [6.07, 6.45) is 5.15. The van der Waals surface area contributed by atoms with Crippen LogP contribution in [-0.4, -0.2) is 19.7 Å². The predicted octanol–water partition coefficient (Wildman–Crippen LogP) is 2.65. The Morgan fingerprint density at radius 1 is 1.50 bits per heavy atom. The van der Waals surface area contributed by atoms with Crippen molar-refractivity contribution in [2.45, 2.75) is 25.7 Å². The fraction of sp³-hybridized carbons (Fsp3) is 0.571. The molecule has 1 atom stereocenters. The van der Waals surface area contributed by atoms with E-state index in [-0.39, 0.29) is 0 Å². The molecule has 1 aliphatic heterocycles. The standard InChI is InChI=1S/C14H20NO/c1-2-8-14(9-3-1)16-11-5-7-13-6-4-10-15-12-13/h1-2,8-9,13,15H,4-7,10-12H2. The van der Waals surface area contributed by atoms with Crippen LogP contribution in [0.5, 0.6) is 5.75 Å². The molecule has 1 heterocycles. The van der Waals surface area contributed by atoms with Gasteiger partial charge < -0.3 is 10.1 Å². The zero-order chi connectivity index (χ0) is 11.1. The summed E-state index contributed by atoms with van der Waals surface area (Å²) in [5.41, 5.74) is 0. The fourth-order valence-electron chi connectivity index (χ4n) is 2.20. The van der Waals surface area contributed by atoms with E-state index < -0.39 is 0 Å². The molecular formula is C14H20NO. The summed E-state index contributed by atoms with van der Waals surface area (Å²) in [5.74, 6) is 1.80. The van der Waals surface area contributed by atoms with Gasteiger partial charge in [0.1, 0.15) is 5.75 Å². The Balaban J connectivity index is 1.58. The average Bonchev–Trinajstić information content (AvgIpc) is 2.37. The first kappa shape index (κ1) is 11.5. The Bertz CT molecular complexity index is 280. The van der Waals surface area contributed by atoms with Crippen molar-refractivity contribution in [1.82, 2.24) is 5.32 Å². The largest absolute Gasteiger partial charge is 0.494 e. The van der Waals surface area contributed by atoms with Crippen molar-refractivity contribution in [3.05, 3.63) is 30.3 Å². The summed E-state index contributed by atoms with van der Waals surface area (Å²) in [5, 5.41) is 3.45. The van der Waals surface area contributed by atoms with Crippen LogP contribution in [-0.2, 0) is 0 Å². The third-order valence-electron chi connectivity index (χ3n) is 3.10. The molecule has 1 N–H and O–H groups in total. The number of rotatable bonds is 5. The van der Waals surface area contributed by atoms with Crippen LogP contribution in [0.3, 0.4) is 0 Å². The van der Waals surface area contributed by atoms with Crippen LogP contribution in [0.1, 0.15) is 25.7 Å². The number of hydrogen-bond donors (Lipinski definition) is 1. The lowest BCUT2D eigenvalue weighted by Gasteiger charge is -2.22. The first-order chi connectivity index (χ1) is 7.95. The quantitative estimate of drug-likeness (QED) is 0.767. The van der Waals surface area contributed by atoms with Crippen molar-refractivity contribution in [1.29, 1.82) is 0 Å². The van der Waals surface area contributed by atoms with Crippen LogP contribution in [0.25, 0.3) is 0 Å². The van der Waals surface area contributed by atoms with Crippen molar-refractivity contribution >= 4 is 0 Å². The van der Waals surface area contributed by atoms with Gasteiger partial charge in [0, 0.05) is 0 Å². The van der Waals surface area contributed by atoms with E-state index in [1.54, 1.807) is 0 Å². The smallest absolute Gasteiger partial charge is 0.119 e. The number of nitrogens with one attached hydrogen (secondary N) is 1. The predicted molar refractivity (Wildman–Crippen MR) is 65.6 cm³/mol. The van der Waals surface area contributed by atoms with Gasteiger partial charge in [0.05, 0.1) is 6.61 Å². The highest BCUT2D eigenvalue weighted by Gasteiger charge is 2.11. The van der Waals surface area contributed by atoms with Crippen molar-refractivity contribution in [3.63, 3.8) is 0 Å². The van der Waals surface area contributed by atoms with E-state index in [2.05, 4.69) is 11.4 Å². The van der Waals surface area contributed by atoms with Crippen LogP contribution < -0.4 is 10.1 Å². The Hall–Kier alpha value is -1.02. The number of piperidine rings is 1. The Kier molecular flexibility index (Phi) is 4.69. The topological polar surface area (TPSA) is 21.3 Å². The SMILES string of the molecule is [c]1cccc(OCCCC2CCCNC2)c1. The second kappa shape index (κ2) is 6.54. The van der Waals surface area contributed by atoms with Crippen LogP contribution >= 0.6 is 0 Å². The van der Waals surface area contributed by atoms with Crippen LogP contribution in [0.4, 0.5) is 0 Å². The molecule has 2 nitrogen and oxygen atoms in total. The molecule has 0 aromatic heterocycles. The molecule has 0 spiro atoms. The monoisotopic (exact) mass is 218 g/mol. The highest BCUT2D eigenvalue weighted by Crippen LogP contribution is 2.16. The average molecular weight is 218 g/mol. The van der Waals surface area contributed by atoms with Crippen molar-refractivity contribution in [2.75, 3.05) is 19.7 Å². The normalized spacial score (nSPS) is 20.6. The Morgan fingerprint density at radius 3 is 3.25 bits per heavy atom. The van der Waals surface area contributed by atoms with Gasteiger partial charge >= 0.3 is 0 Å². The number of hydrogen-bond acceptors (Lipinski definition) is 2. The van der Waals surface area contributed by atoms with Gasteiger partial charge in [0.2, 0.25) is 0 Å². The van der Waals surface area contributed by atoms with E-state index >= 15 is 0 Å². The molecule has 2 heteroatoms.